The minimum absolute atomic E-state index is 0.0202. The van der Waals surface area contributed by atoms with Gasteiger partial charge in [-0.05, 0) is 37.1 Å². The number of methoxy groups -OCH3 is 1. The molecule has 0 aliphatic carbocycles. The fraction of sp³-hybridized carbons (Fsp3) is 0.316. The van der Waals surface area contributed by atoms with E-state index in [1.165, 1.54) is 5.56 Å². The first kappa shape index (κ1) is 17.4. The van der Waals surface area contributed by atoms with Gasteiger partial charge in [0.25, 0.3) is 0 Å². The number of ether oxygens (including phenoxy) is 1. The van der Waals surface area contributed by atoms with E-state index in [9.17, 15) is 4.79 Å². The third-order valence-electron chi connectivity index (χ3n) is 3.69. The lowest BCUT2D eigenvalue weighted by Gasteiger charge is -2.18. The van der Waals surface area contributed by atoms with Crippen LogP contribution in [-0.4, -0.2) is 18.3 Å². The number of thioether (sulfide) groups is 1. The molecule has 23 heavy (non-hydrogen) atoms. The smallest absolute Gasteiger partial charge is 0.233 e. The van der Waals surface area contributed by atoms with E-state index in [-0.39, 0.29) is 17.2 Å². The van der Waals surface area contributed by atoms with Crippen molar-refractivity contribution in [2.75, 3.05) is 7.11 Å². The van der Waals surface area contributed by atoms with Crippen molar-refractivity contribution >= 4 is 17.7 Å². The third-order valence-corrected chi connectivity index (χ3v) is 4.90. The molecule has 0 saturated carbocycles. The first-order valence-electron chi connectivity index (χ1n) is 7.70. The van der Waals surface area contributed by atoms with Gasteiger partial charge in [-0.15, -0.1) is 11.8 Å². The zero-order valence-corrected chi connectivity index (χ0v) is 14.6. The maximum absolute atomic E-state index is 12.3. The topological polar surface area (TPSA) is 38.3 Å². The highest BCUT2D eigenvalue weighted by Gasteiger charge is 2.16. The van der Waals surface area contributed by atoms with E-state index in [4.69, 9.17) is 4.74 Å². The Labute approximate surface area is 142 Å². The molecule has 0 fully saturated rings. The quantitative estimate of drug-likeness (QED) is 0.827. The Hall–Kier alpha value is -1.94. The lowest BCUT2D eigenvalue weighted by molar-refractivity contribution is -0.120. The van der Waals surface area contributed by atoms with Gasteiger partial charge in [0.15, 0.2) is 0 Å². The summed E-state index contributed by atoms with van der Waals surface area (Å²) in [7, 11) is 1.64. The van der Waals surface area contributed by atoms with Crippen LogP contribution in [0.25, 0.3) is 0 Å². The van der Waals surface area contributed by atoms with Crippen molar-refractivity contribution in [2.24, 2.45) is 0 Å². The molecule has 4 heteroatoms. The molecule has 0 bridgehead atoms. The molecule has 2 aromatic rings. The van der Waals surface area contributed by atoms with Crippen molar-refractivity contribution in [3.8, 4) is 5.75 Å². The number of benzene rings is 2. The second-order valence-corrected chi connectivity index (χ2v) is 6.77. The molecule has 0 spiro atoms. The van der Waals surface area contributed by atoms with Gasteiger partial charge in [-0.2, -0.15) is 0 Å². The van der Waals surface area contributed by atoms with Gasteiger partial charge in [-0.1, -0.05) is 42.5 Å². The van der Waals surface area contributed by atoms with Crippen LogP contribution < -0.4 is 10.1 Å². The molecule has 0 aliphatic heterocycles. The fourth-order valence-electron chi connectivity index (χ4n) is 2.18. The maximum Gasteiger partial charge on any atom is 0.233 e. The number of rotatable bonds is 7. The number of hydrogen-bond acceptors (Lipinski definition) is 3. The second kappa shape index (κ2) is 8.63. The minimum atomic E-state index is -0.0871. The van der Waals surface area contributed by atoms with E-state index in [0.29, 0.717) is 0 Å². The number of amides is 1. The first-order valence-corrected chi connectivity index (χ1v) is 8.75. The van der Waals surface area contributed by atoms with E-state index in [1.807, 2.05) is 56.3 Å². The van der Waals surface area contributed by atoms with Crippen LogP contribution in [0.15, 0.2) is 54.6 Å². The third kappa shape index (κ3) is 5.32. The number of hydrogen-bond donors (Lipinski definition) is 1. The van der Waals surface area contributed by atoms with Crippen molar-refractivity contribution in [1.29, 1.82) is 0 Å². The van der Waals surface area contributed by atoms with Crippen LogP contribution in [0.2, 0.25) is 0 Å². The van der Waals surface area contributed by atoms with Crippen LogP contribution in [0.3, 0.4) is 0 Å². The van der Waals surface area contributed by atoms with E-state index >= 15 is 0 Å². The molecule has 3 nitrogen and oxygen atoms in total. The predicted octanol–water partition coefficient (Wildman–Crippen LogP) is 4.19. The maximum atomic E-state index is 12.3. The van der Waals surface area contributed by atoms with Gasteiger partial charge in [0.1, 0.15) is 5.75 Å². The van der Waals surface area contributed by atoms with Crippen molar-refractivity contribution in [2.45, 2.75) is 30.9 Å². The van der Waals surface area contributed by atoms with Gasteiger partial charge in [-0.25, -0.2) is 0 Å². The molecule has 1 amide bonds. The van der Waals surface area contributed by atoms with Crippen molar-refractivity contribution in [3.05, 3.63) is 65.7 Å². The zero-order valence-electron chi connectivity index (χ0n) is 13.8. The Morgan fingerprint density at radius 2 is 1.74 bits per heavy atom. The highest BCUT2D eigenvalue weighted by Crippen LogP contribution is 2.20. The van der Waals surface area contributed by atoms with Crippen LogP contribution >= 0.6 is 11.8 Å². The molecule has 122 valence electrons. The van der Waals surface area contributed by atoms with Crippen LogP contribution in [0.4, 0.5) is 0 Å². The highest BCUT2D eigenvalue weighted by molar-refractivity contribution is 7.99. The zero-order chi connectivity index (χ0) is 16.7. The van der Waals surface area contributed by atoms with Crippen LogP contribution in [0.1, 0.15) is 31.0 Å². The summed E-state index contributed by atoms with van der Waals surface area (Å²) < 4.78 is 5.15. The van der Waals surface area contributed by atoms with Gasteiger partial charge < -0.3 is 10.1 Å². The monoisotopic (exact) mass is 329 g/mol. The minimum Gasteiger partial charge on any atom is -0.497 e. The molecule has 0 aromatic heterocycles. The summed E-state index contributed by atoms with van der Waals surface area (Å²) in [5, 5.41) is 2.98. The second-order valence-electron chi connectivity index (χ2n) is 5.44. The molecule has 0 unspecified atom stereocenters. The summed E-state index contributed by atoms with van der Waals surface area (Å²) in [5.74, 6) is 1.72. The summed E-state index contributed by atoms with van der Waals surface area (Å²) in [6.45, 7) is 3.94. The molecular weight excluding hydrogens is 306 g/mol. The molecule has 2 aromatic carbocycles. The van der Waals surface area contributed by atoms with E-state index in [2.05, 4.69) is 17.4 Å². The molecule has 2 atom stereocenters. The normalized spacial score (nSPS) is 13.2. The Kier molecular flexibility index (Phi) is 6.53. The van der Waals surface area contributed by atoms with Gasteiger partial charge in [0, 0.05) is 5.75 Å². The molecule has 0 aliphatic rings. The predicted molar refractivity (Wildman–Crippen MR) is 96.8 cm³/mol. The largest absolute Gasteiger partial charge is 0.497 e. The van der Waals surface area contributed by atoms with E-state index < -0.39 is 0 Å². The SMILES string of the molecule is COc1ccc([C@@H](C)NC(=O)[C@@H](C)SCc2ccccc2)cc1. The molecular formula is C19H23NO2S. The summed E-state index contributed by atoms with van der Waals surface area (Å²) in [6.07, 6.45) is 0. The average molecular weight is 329 g/mol. The number of nitrogens with one attached hydrogen (secondary N) is 1. The Morgan fingerprint density at radius 1 is 1.09 bits per heavy atom. The number of carbonyl (C=O) groups excluding carboxylic acids is 1. The number of carbonyl (C=O) groups is 1. The average Bonchev–Trinajstić information content (AvgIpc) is 2.60. The molecule has 2 rings (SSSR count). The summed E-state index contributed by atoms with van der Waals surface area (Å²) >= 11 is 1.65. The fourth-order valence-corrected chi connectivity index (χ4v) is 3.03. The van der Waals surface area contributed by atoms with Crippen molar-refractivity contribution < 1.29 is 9.53 Å². The lowest BCUT2D eigenvalue weighted by Crippen LogP contribution is -2.33. The highest BCUT2D eigenvalue weighted by atomic mass is 32.2. The standard InChI is InChI=1S/C19H23NO2S/c1-14(17-9-11-18(22-3)12-10-17)20-19(21)15(2)23-13-16-7-5-4-6-8-16/h4-12,14-15H,13H2,1-3H3,(H,20,21)/t14-,15-/m1/s1. The van der Waals surface area contributed by atoms with Crippen molar-refractivity contribution in [1.82, 2.24) is 5.32 Å². The van der Waals surface area contributed by atoms with E-state index in [0.717, 1.165) is 17.1 Å². The van der Waals surface area contributed by atoms with Gasteiger partial charge in [-0.3, -0.25) is 4.79 Å². The summed E-state index contributed by atoms with van der Waals surface area (Å²) in [6, 6.07) is 18.0. The van der Waals surface area contributed by atoms with Gasteiger partial charge in [0.05, 0.1) is 18.4 Å². The van der Waals surface area contributed by atoms with Gasteiger partial charge >= 0.3 is 0 Å². The summed E-state index contributed by atoms with van der Waals surface area (Å²) in [4.78, 5) is 12.3. The van der Waals surface area contributed by atoms with Crippen LogP contribution in [-0.2, 0) is 10.5 Å². The summed E-state index contributed by atoms with van der Waals surface area (Å²) in [5.41, 5.74) is 2.31. The van der Waals surface area contributed by atoms with Crippen LogP contribution in [0.5, 0.6) is 5.75 Å². The lowest BCUT2D eigenvalue weighted by atomic mass is 10.1. The van der Waals surface area contributed by atoms with E-state index in [1.54, 1.807) is 18.9 Å². The molecule has 0 saturated heterocycles. The Morgan fingerprint density at radius 3 is 2.35 bits per heavy atom. The first-order chi connectivity index (χ1) is 11.1. The van der Waals surface area contributed by atoms with Crippen molar-refractivity contribution in [3.63, 3.8) is 0 Å². The van der Waals surface area contributed by atoms with Crippen LogP contribution in [0, 0.1) is 0 Å². The molecule has 0 radical (unpaired) electrons. The van der Waals surface area contributed by atoms with Gasteiger partial charge in [0.2, 0.25) is 5.91 Å². The molecule has 0 heterocycles. The molecule has 1 N–H and O–H groups in total. The Balaban J connectivity index is 1.84. The Bertz CT molecular complexity index is 613.